The number of aliphatic hydroxyl groups is 1. The number of nitrogens with zero attached hydrogens (tertiary/aromatic N) is 3. The van der Waals surface area contributed by atoms with Crippen LogP contribution < -0.4 is 10.2 Å². The largest absolute Gasteiger partial charge is 0.393 e. The Morgan fingerprint density at radius 1 is 1.58 bits per heavy atom. The van der Waals surface area contributed by atoms with Crippen LogP contribution in [0.4, 0.5) is 5.95 Å². The van der Waals surface area contributed by atoms with Gasteiger partial charge in [0.2, 0.25) is 5.95 Å². The summed E-state index contributed by atoms with van der Waals surface area (Å²) in [6.45, 7) is 4.91. The van der Waals surface area contributed by atoms with Crippen LogP contribution in [0.3, 0.4) is 0 Å². The summed E-state index contributed by atoms with van der Waals surface area (Å²) in [6, 6.07) is 0. The number of nitrogens with one attached hydrogen (secondary N) is 2. The Morgan fingerprint density at radius 2 is 2.42 bits per heavy atom. The third-order valence-corrected chi connectivity index (χ3v) is 3.61. The van der Waals surface area contributed by atoms with E-state index in [0.717, 1.165) is 44.2 Å². The molecule has 0 bridgehead atoms. The third kappa shape index (κ3) is 4.18. The second-order valence-electron chi connectivity index (χ2n) is 5.48. The van der Waals surface area contributed by atoms with Crippen molar-refractivity contribution in [2.45, 2.75) is 38.7 Å². The van der Waals surface area contributed by atoms with Crippen molar-refractivity contribution < 1.29 is 5.11 Å². The van der Waals surface area contributed by atoms with Gasteiger partial charge in [-0.1, -0.05) is 0 Å². The first-order chi connectivity index (χ1) is 9.19. The molecule has 0 radical (unpaired) electrons. The zero-order chi connectivity index (χ0) is 13.7. The van der Waals surface area contributed by atoms with Gasteiger partial charge in [0, 0.05) is 19.5 Å². The molecule has 1 aromatic rings. The molecule has 0 spiro atoms. The van der Waals surface area contributed by atoms with Gasteiger partial charge in [-0.3, -0.25) is 5.10 Å². The predicted octanol–water partition coefficient (Wildman–Crippen LogP) is 0.554. The van der Waals surface area contributed by atoms with E-state index in [9.17, 15) is 5.11 Å². The van der Waals surface area contributed by atoms with Gasteiger partial charge in [0.15, 0.2) is 0 Å². The fourth-order valence-electron chi connectivity index (χ4n) is 2.59. The third-order valence-electron chi connectivity index (χ3n) is 3.61. The van der Waals surface area contributed by atoms with E-state index in [1.807, 2.05) is 7.05 Å². The van der Waals surface area contributed by atoms with Crippen molar-refractivity contribution in [3.8, 4) is 0 Å². The minimum absolute atomic E-state index is 0.288. The number of aromatic nitrogens is 3. The number of aromatic amines is 1. The number of aliphatic hydroxyl groups excluding tert-OH is 1. The number of hydrogen-bond donors (Lipinski definition) is 3. The minimum Gasteiger partial charge on any atom is -0.393 e. The van der Waals surface area contributed by atoms with Gasteiger partial charge in [-0.25, -0.2) is 0 Å². The number of H-pyrrole nitrogens is 1. The molecule has 0 amide bonds. The van der Waals surface area contributed by atoms with Crippen molar-refractivity contribution in [3.63, 3.8) is 0 Å². The Hall–Kier alpha value is -1.14. The second kappa shape index (κ2) is 6.86. The lowest BCUT2D eigenvalue weighted by Crippen LogP contribution is -2.39. The summed E-state index contributed by atoms with van der Waals surface area (Å²) < 4.78 is 0. The van der Waals surface area contributed by atoms with Crippen LogP contribution in [-0.2, 0) is 6.42 Å². The van der Waals surface area contributed by atoms with Crippen LogP contribution in [0.5, 0.6) is 0 Å². The average molecular weight is 267 g/mol. The predicted molar refractivity (Wildman–Crippen MR) is 75.2 cm³/mol. The number of anilines is 1. The summed E-state index contributed by atoms with van der Waals surface area (Å²) >= 11 is 0. The normalized spacial score (nSPS) is 21.6. The Morgan fingerprint density at radius 3 is 3.16 bits per heavy atom. The molecule has 2 atom stereocenters. The molecule has 1 fully saturated rings. The number of piperidine rings is 1. The molecule has 6 nitrogen and oxygen atoms in total. The summed E-state index contributed by atoms with van der Waals surface area (Å²) in [6.07, 6.45) is 3.65. The summed E-state index contributed by atoms with van der Waals surface area (Å²) in [5.74, 6) is 2.35. The SMILES string of the molecule is CNCC1CCCN(c2n[nH]c(CCC(C)O)n2)C1. The molecule has 2 heterocycles. The van der Waals surface area contributed by atoms with Crippen LogP contribution in [0.15, 0.2) is 0 Å². The lowest BCUT2D eigenvalue weighted by atomic mass is 9.98. The van der Waals surface area contributed by atoms with Crippen molar-refractivity contribution >= 4 is 5.95 Å². The number of hydrogen-bond acceptors (Lipinski definition) is 5. The summed E-state index contributed by atoms with van der Waals surface area (Å²) in [5, 5.41) is 19.8. The highest BCUT2D eigenvalue weighted by Crippen LogP contribution is 2.20. The first-order valence-corrected chi connectivity index (χ1v) is 7.18. The highest BCUT2D eigenvalue weighted by atomic mass is 16.3. The second-order valence-corrected chi connectivity index (χ2v) is 5.48. The average Bonchev–Trinajstić information content (AvgIpc) is 2.86. The fraction of sp³-hybridized carbons (Fsp3) is 0.846. The van der Waals surface area contributed by atoms with E-state index in [4.69, 9.17) is 0 Å². The molecule has 3 N–H and O–H groups in total. The Kier molecular flexibility index (Phi) is 5.15. The number of rotatable bonds is 6. The Bertz CT molecular complexity index is 377. The van der Waals surface area contributed by atoms with E-state index >= 15 is 0 Å². The quantitative estimate of drug-likeness (QED) is 0.702. The minimum atomic E-state index is -0.288. The zero-order valence-electron chi connectivity index (χ0n) is 11.9. The van der Waals surface area contributed by atoms with E-state index in [1.54, 1.807) is 6.92 Å². The van der Waals surface area contributed by atoms with Gasteiger partial charge < -0.3 is 15.3 Å². The van der Waals surface area contributed by atoms with Crippen molar-refractivity contribution in [2.75, 3.05) is 31.6 Å². The molecule has 19 heavy (non-hydrogen) atoms. The van der Waals surface area contributed by atoms with E-state index < -0.39 is 0 Å². The van der Waals surface area contributed by atoms with Gasteiger partial charge in [0.1, 0.15) is 5.82 Å². The van der Waals surface area contributed by atoms with Crippen LogP contribution in [0.2, 0.25) is 0 Å². The van der Waals surface area contributed by atoms with Crippen LogP contribution in [0, 0.1) is 5.92 Å². The van der Waals surface area contributed by atoms with Crippen LogP contribution in [-0.4, -0.2) is 53.1 Å². The van der Waals surface area contributed by atoms with Gasteiger partial charge >= 0.3 is 0 Å². The maximum Gasteiger partial charge on any atom is 0.244 e. The molecular weight excluding hydrogens is 242 g/mol. The zero-order valence-corrected chi connectivity index (χ0v) is 11.9. The molecule has 1 aliphatic rings. The Balaban J connectivity index is 1.90. The molecule has 6 heteroatoms. The summed E-state index contributed by atoms with van der Waals surface area (Å²) in [4.78, 5) is 6.79. The molecular formula is C13H25N5O. The molecule has 2 rings (SSSR count). The standard InChI is InChI=1S/C13H25N5O/c1-10(19)5-6-12-15-13(17-16-12)18-7-3-4-11(9-18)8-14-2/h10-11,14,19H,3-9H2,1-2H3,(H,15,16,17). The maximum atomic E-state index is 9.28. The molecule has 2 unspecified atom stereocenters. The van der Waals surface area contributed by atoms with Gasteiger partial charge in [-0.2, -0.15) is 4.98 Å². The topological polar surface area (TPSA) is 77.1 Å². The van der Waals surface area contributed by atoms with Crippen LogP contribution in [0.1, 0.15) is 32.0 Å². The van der Waals surface area contributed by atoms with Crippen LogP contribution >= 0.6 is 0 Å². The van der Waals surface area contributed by atoms with Crippen molar-refractivity contribution in [1.82, 2.24) is 20.5 Å². The van der Waals surface area contributed by atoms with Crippen molar-refractivity contribution in [3.05, 3.63) is 5.82 Å². The molecule has 0 aliphatic carbocycles. The fourth-order valence-corrected chi connectivity index (χ4v) is 2.59. The molecule has 108 valence electrons. The molecule has 1 saturated heterocycles. The molecule has 1 aliphatic heterocycles. The van der Waals surface area contributed by atoms with Crippen molar-refractivity contribution in [1.29, 1.82) is 0 Å². The van der Waals surface area contributed by atoms with E-state index in [1.165, 1.54) is 12.8 Å². The van der Waals surface area contributed by atoms with Crippen molar-refractivity contribution in [2.24, 2.45) is 5.92 Å². The van der Waals surface area contributed by atoms with E-state index in [0.29, 0.717) is 5.92 Å². The first-order valence-electron chi connectivity index (χ1n) is 7.18. The lowest BCUT2D eigenvalue weighted by molar-refractivity contribution is 0.184. The molecule has 1 aromatic heterocycles. The highest BCUT2D eigenvalue weighted by molar-refractivity contribution is 5.29. The Labute approximate surface area is 114 Å². The molecule has 0 aromatic carbocycles. The van der Waals surface area contributed by atoms with E-state index in [2.05, 4.69) is 25.4 Å². The summed E-state index contributed by atoms with van der Waals surface area (Å²) in [5.41, 5.74) is 0. The summed E-state index contributed by atoms with van der Waals surface area (Å²) in [7, 11) is 2.00. The maximum absolute atomic E-state index is 9.28. The van der Waals surface area contributed by atoms with Gasteiger partial charge in [-0.05, 0) is 45.7 Å². The first kappa shape index (κ1) is 14.3. The number of aryl methyl sites for hydroxylation is 1. The smallest absolute Gasteiger partial charge is 0.244 e. The van der Waals surface area contributed by atoms with E-state index in [-0.39, 0.29) is 6.10 Å². The highest BCUT2D eigenvalue weighted by Gasteiger charge is 2.22. The monoisotopic (exact) mass is 267 g/mol. The van der Waals surface area contributed by atoms with Crippen LogP contribution in [0.25, 0.3) is 0 Å². The van der Waals surface area contributed by atoms with Gasteiger partial charge in [0.25, 0.3) is 0 Å². The van der Waals surface area contributed by atoms with Gasteiger partial charge in [-0.15, -0.1) is 5.10 Å². The van der Waals surface area contributed by atoms with Gasteiger partial charge in [0.05, 0.1) is 6.10 Å². The molecule has 0 saturated carbocycles. The lowest BCUT2D eigenvalue weighted by Gasteiger charge is -2.31.